The second-order valence-electron chi connectivity index (χ2n) is 4.67. The summed E-state index contributed by atoms with van der Waals surface area (Å²) in [4.78, 5) is 22.5. The average Bonchev–Trinajstić information content (AvgIpc) is 3.08. The van der Waals surface area contributed by atoms with Crippen LogP contribution >= 0.6 is 0 Å². The summed E-state index contributed by atoms with van der Waals surface area (Å²) in [5, 5.41) is 11.4. The van der Waals surface area contributed by atoms with E-state index in [1.807, 2.05) is 0 Å². The number of carboxylic acids is 1. The van der Waals surface area contributed by atoms with Crippen molar-refractivity contribution in [2.24, 2.45) is 5.41 Å². The Hall–Kier alpha value is -1.98. The molecule has 19 heavy (non-hydrogen) atoms. The fourth-order valence-corrected chi connectivity index (χ4v) is 1.91. The molecule has 0 heterocycles. The van der Waals surface area contributed by atoms with Crippen molar-refractivity contribution >= 4 is 11.9 Å². The second kappa shape index (κ2) is 4.95. The lowest BCUT2D eigenvalue weighted by molar-refractivity contribution is -0.149. The fraction of sp³-hybridized carbons (Fsp3) is 0.385. The summed E-state index contributed by atoms with van der Waals surface area (Å²) in [6, 6.07) is 3.13. The number of amides is 1. The van der Waals surface area contributed by atoms with Crippen LogP contribution in [-0.2, 0) is 16.0 Å². The van der Waals surface area contributed by atoms with Crippen molar-refractivity contribution in [2.75, 3.05) is 6.54 Å². The van der Waals surface area contributed by atoms with Gasteiger partial charge in [0.15, 0.2) is 0 Å². The van der Waals surface area contributed by atoms with Gasteiger partial charge >= 0.3 is 5.97 Å². The number of aliphatic carboxylic acids is 1. The van der Waals surface area contributed by atoms with Crippen LogP contribution in [0.1, 0.15) is 18.4 Å². The van der Waals surface area contributed by atoms with Gasteiger partial charge < -0.3 is 10.4 Å². The summed E-state index contributed by atoms with van der Waals surface area (Å²) in [5.74, 6) is -3.00. The van der Waals surface area contributed by atoms with Crippen LogP contribution in [0, 0.1) is 17.0 Å². The third-order valence-electron chi connectivity index (χ3n) is 3.22. The minimum absolute atomic E-state index is 0.150. The maximum Gasteiger partial charge on any atom is 0.319 e. The molecule has 1 aliphatic carbocycles. The van der Waals surface area contributed by atoms with Gasteiger partial charge in [0.1, 0.15) is 17.0 Å². The molecule has 0 radical (unpaired) electrons. The van der Waals surface area contributed by atoms with Crippen molar-refractivity contribution in [3.8, 4) is 0 Å². The van der Waals surface area contributed by atoms with Gasteiger partial charge in [-0.2, -0.15) is 0 Å². The Morgan fingerprint density at radius 3 is 2.26 bits per heavy atom. The molecule has 1 aromatic rings. The molecule has 102 valence electrons. The van der Waals surface area contributed by atoms with Crippen LogP contribution in [-0.4, -0.2) is 23.5 Å². The van der Waals surface area contributed by atoms with Gasteiger partial charge in [0, 0.05) is 12.6 Å². The first-order valence-electron chi connectivity index (χ1n) is 5.91. The van der Waals surface area contributed by atoms with Crippen LogP contribution in [0.2, 0.25) is 0 Å². The Labute approximate surface area is 108 Å². The molecule has 6 heteroatoms. The number of benzene rings is 1. The molecule has 1 amide bonds. The lowest BCUT2D eigenvalue weighted by atomic mass is 10.1. The number of nitrogens with one attached hydrogen (secondary N) is 1. The Morgan fingerprint density at radius 1 is 1.21 bits per heavy atom. The van der Waals surface area contributed by atoms with Gasteiger partial charge in [0.05, 0.1) is 0 Å². The minimum atomic E-state index is -1.28. The second-order valence-corrected chi connectivity index (χ2v) is 4.67. The summed E-state index contributed by atoms with van der Waals surface area (Å²) < 4.78 is 25.8. The van der Waals surface area contributed by atoms with Crippen LogP contribution < -0.4 is 5.32 Å². The Morgan fingerprint density at radius 2 is 1.79 bits per heavy atom. The number of carboxylic acid groups (broad SMARTS) is 1. The number of halogens is 2. The van der Waals surface area contributed by atoms with E-state index in [4.69, 9.17) is 5.11 Å². The van der Waals surface area contributed by atoms with Gasteiger partial charge in [0.25, 0.3) is 0 Å². The zero-order valence-electron chi connectivity index (χ0n) is 10.1. The highest BCUT2D eigenvalue weighted by Gasteiger charge is 2.56. The van der Waals surface area contributed by atoms with Crippen LogP contribution in [0.5, 0.6) is 0 Å². The quantitative estimate of drug-likeness (QED) is 0.796. The van der Waals surface area contributed by atoms with E-state index in [0.29, 0.717) is 18.4 Å². The molecule has 0 aliphatic heterocycles. The maximum absolute atomic E-state index is 12.9. The summed E-state index contributed by atoms with van der Waals surface area (Å²) >= 11 is 0. The first-order chi connectivity index (χ1) is 8.94. The largest absolute Gasteiger partial charge is 0.480 e. The van der Waals surface area contributed by atoms with E-state index in [1.54, 1.807) is 0 Å². The standard InChI is InChI=1S/C13H13F2NO3/c14-9-5-8(6-10(15)7-9)1-4-16-11(17)13(2-3-13)12(18)19/h5-7H,1-4H2,(H,16,17)(H,18,19). The molecule has 0 atom stereocenters. The molecule has 2 N–H and O–H groups in total. The molecule has 0 saturated heterocycles. The molecular formula is C13H13F2NO3. The molecule has 1 aliphatic rings. The topological polar surface area (TPSA) is 66.4 Å². The number of hydrogen-bond acceptors (Lipinski definition) is 2. The lowest BCUT2D eigenvalue weighted by Gasteiger charge is -2.10. The number of carbonyl (C=O) groups excluding carboxylic acids is 1. The summed E-state index contributed by atoms with van der Waals surface area (Å²) in [6.45, 7) is 0.150. The summed E-state index contributed by atoms with van der Waals surface area (Å²) in [6.07, 6.45) is 0.918. The average molecular weight is 269 g/mol. The van der Waals surface area contributed by atoms with Crippen molar-refractivity contribution in [2.45, 2.75) is 19.3 Å². The Balaban J connectivity index is 1.87. The highest BCUT2D eigenvalue weighted by Crippen LogP contribution is 2.45. The normalized spacial score (nSPS) is 15.9. The van der Waals surface area contributed by atoms with Gasteiger partial charge in [-0.3, -0.25) is 9.59 Å². The smallest absolute Gasteiger partial charge is 0.319 e. The lowest BCUT2D eigenvalue weighted by Crippen LogP contribution is -2.37. The predicted octanol–water partition coefficient (Wildman–Crippen LogP) is 1.49. The Bertz CT molecular complexity index is 506. The van der Waals surface area contributed by atoms with Gasteiger partial charge in [-0.1, -0.05) is 0 Å². The molecule has 0 spiro atoms. The molecule has 4 nitrogen and oxygen atoms in total. The van der Waals surface area contributed by atoms with E-state index in [9.17, 15) is 18.4 Å². The highest BCUT2D eigenvalue weighted by molar-refractivity contribution is 6.04. The van der Waals surface area contributed by atoms with Crippen molar-refractivity contribution in [1.29, 1.82) is 0 Å². The van der Waals surface area contributed by atoms with Crippen molar-refractivity contribution in [1.82, 2.24) is 5.32 Å². The first-order valence-corrected chi connectivity index (χ1v) is 5.91. The minimum Gasteiger partial charge on any atom is -0.480 e. The van der Waals surface area contributed by atoms with Crippen LogP contribution in [0.15, 0.2) is 18.2 Å². The summed E-state index contributed by atoms with van der Waals surface area (Å²) in [7, 11) is 0. The van der Waals surface area contributed by atoms with Crippen LogP contribution in [0.4, 0.5) is 8.78 Å². The zero-order chi connectivity index (χ0) is 14.0. The van der Waals surface area contributed by atoms with E-state index in [2.05, 4.69) is 5.32 Å². The highest BCUT2D eigenvalue weighted by atomic mass is 19.1. The van der Waals surface area contributed by atoms with Gasteiger partial charge in [-0.15, -0.1) is 0 Å². The predicted molar refractivity (Wildman–Crippen MR) is 62.4 cm³/mol. The number of hydrogen-bond donors (Lipinski definition) is 2. The van der Waals surface area contributed by atoms with Crippen molar-refractivity contribution in [3.63, 3.8) is 0 Å². The first kappa shape index (κ1) is 13.5. The third kappa shape index (κ3) is 2.89. The SMILES string of the molecule is O=C(O)C1(C(=O)NCCc2cc(F)cc(F)c2)CC1. The number of carbonyl (C=O) groups is 2. The molecule has 1 saturated carbocycles. The van der Waals surface area contributed by atoms with E-state index in [0.717, 1.165) is 6.07 Å². The van der Waals surface area contributed by atoms with Gasteiger partial charge in [-0.25, -0.2) is 8.78 Å². The van der Waals surface area contributed by atoms with E-state index < -0.39 is 28.9 Å². The zero-order valence-corrected chi connectivity index (χ0v) is 10.1. The molecule has 2 rings (SSSR count). The molecular weight excluding hydrogens is 256 g/mol. The van der Waals surface area contributed by atoms with E-state index >= 15 is 0 Å². The Kier molecular flexibility index (Phi) is 3.50. The van der Waals surface area contributed by atoms with E-state index in [1.165, 1.54) is 12.1 Å². The van der Waals surface area contributed by atoms with Crippen LogP contribution in [0.25, 0.3) is 0 Å². The molecule has 0 bridgehead atoms. The fourth-order valence-electron chi connectivity index (χ4n) is 1.91. The molecule has 0 unspecified atom stereocenters. The van der Waals surface area contributed by atoms with E-state index in [-0.39, 0.29) is 13.0 Å². The van der Waals surface area contributed by atoms with Crippen molar-refractivity contribution in [3.05, 3.63) is 35.4 Å². The van der Waals surface area contributed by atoms with Crippen LogP contribution in [0.3, 0.4) is 0 Å². The molecule has 0 aromatic heterocycles. The number of rotatable bonds is 5. The van der Waals surface area contributed by atoms with Gasteiger partial charge in [-0.05, 0) is 37.0 Å². The third-order valence-corrected chi connectivity index (χ3v) is 3.22. The van der Waals surface area contributed by atoms with Gasteiger partial charge in [0.2, 0.25) is 5.91 Å². The van der Waals surface area contributed by atoms with Crippen molar-refractivity contribution < 1.29 is 23.5 Å². The monoisotopic (exact) mass is 269 g/mol. The maximum atomic E-state index is 12.9. The molecule has 1 fully saturated rings. The summed E-state index contributed by atoms with van der Waals surface area (Å²) in [5.41, 5.74) is -0.870. The molecule has 1 aromatic carbocycles.